The molecule has 2 heterocycles. The number of likely N-dealkylation sites (tertiary alicyclic amines) is 1. The van der Waals surface area contributed by atoms with E-state index < -0.39 is 0 Å². The summed E-state index contributed by atoms with van der Waals surface area (Å²) < 4.78 is 5.93. The molecule has 24 heavy (non-hydrogen) atoms. The number of carbonyl (C=O) groups is 1. The highest BCUT2D eigenvalue weighted by molar-refractivity contribution is 5.92. The summed E-state index contributed by atoms with van der Waals surface area (Å²) in [6, 6.07) is 10.4. The topological polar surface area (TPSA) is 55.3 Å². The number of carbonyl (C=O) groups excluding carboxylic acids is 1. The summed E-state index contributed by atoms with van der Waals surface area (Å²) in [5, 5.41) is 0. The van der Waals surface area contributed by atoms with Gasteiger partial charge in [0.05, 0.1) is 18.0 Å². The summed E-state index contributed by atoms with van der Waals surface area (Å²) in [5.74, 6) is -0.0575. The van der Waals surface area contributed by atoms with Crippen LogP contribution in [0.5, 0.6) is 0 Å². The number of hydrogen-bond acceptors (Lipinski definition) is 4. The van der Waals surface area contributed by atoms with E-state index in [0.29, 0.717) is 12.2 Å². The van der Waals surface area contributed by atoms with Crippen LogP contribution in [-0.4, -0.2) is 46.6 Å². The van der Waals surface area contributed by atoms with Gasteiger partial charge in [0.25, 0.3) is 5.91 Å². The van der Waals surface area contributed by atoms with Crippen LogP contribution >= 0.6 is 0 Å². The minimum Gasteiger partial charge on any atom is -0.376 e. The summed E-state index contributed by atoms with van der Waals surface area (Å²) in [6.07, 6.45) is 6.21. The second-order valence-corrected chi connectivity index (χ2v) is 6.16. The van der Waals surface area contributed by atoms with E-state index in [2.05, 4.69) is 34.2 Å². The Morgan fingerprint density at radius 3 is 2.83 bits per heavy atom. The van der Waals surface area contributed by atoms with Crippen molar-refractivity contribution in [1.29, 1.82) is 0 Å². The number of aryl methyl sites for hydroxylation is 2. The maximum Gasteiger partial charge on any atom is 0.274 e. The van der Waals surface area contributed by atoms with Gasteiger partial charge in [0, 0.05) is 25.9 Å². The molecule has 2 aromatic rings. The molecule has 1 aliphatic rings. The van der Waals surface area contributed by atoms with Crippen LogP contribution in [0.3, 0.4) is 0 Å². The number of hydrogen-bond donors (Lipinski definition) is 0. The van der Waals surface area contributed by atoms with Gasteiger partial charge in [-0.05, 0) is 31.7 Å². The number of amides is 1. The van der Waals surface area contributed by atoms with E-state index in [1.54, 1.807) is 17.3 Å². The molecule has 1 aliphatic heterocycles. The van der Waals surface area contributed by atoms with Crippen molar-refractivity contribution in [3.63, 3.8) is 0 Å². The Labute approximate surface area is 142 Å². The molecule has 1 fully saturated rings. The first-order chi connectivity index (χ1) is 11.7. The molecule has 0 N–H and O–H groups in total. The minimum absolute atomic E-state index is 0.0575. The Kier molecular flexibility index (Phi) is 5.54. The standard InChI is InChI=1S/C19H23N3O2/c1-15-12-21-18(13-20-15)19(23)22-10-9-17(14-22)24-11-5-8-16-6-3-2-4-7-16/h2-4,6-7,12-13,17H,5,8-11,14H2,1H3. The van der Waals surface area contributed by atoms with Crippen molar-refractivity contribution in [2.75, 3.05) is 19.7 Å². The molecule has 0 saturated carbocycles. The fraction of sp³-hybridized carbons (Fsp3) is 0.421. The van der Waals surface area contributed by atoms with Crippen LogP contribution < -0.4 is 0 Å². The van der Waals surface area contributed by atoms with Crippen LogP contribution in [0.4, 0.5) is 0 Å². The summed E-state index contributed by atoms with van der Waals surface area (Å²) in [4.78, 5) is 22.5. The van der Waals surface area contributed by atoms with Gasteiger partial charge in [0.2, 0.25) is 0 Å². The molecule has 1 aromatic carbocycles. The van der Waals surface area contributed by atoms with Gasteiger partial charge in [0.1, 0.15) is 5.69 Å². The van der Waals surface area contributed by atoms with Gasteiger partial charge in [-0.1, -0.05) is 30.3 Å². The van der Waals surface area contributed by atoms with E-state index >= 15 is 0 Å². The Hall–Kier alpha value is -2.27. The third-order valence-corrected chi connectivity index (χ3v) is 4.24. The highest BCUT2D eigenvalue weighted by Gasteiger charge is 2.28. The summed E-state index contributed by atoms with van der Waals surface area (Å²) in [5.41, 5.74) is 2.56. The predicted molar refractivity (Wildman–Crippen MR) is 91.8 cm³/mol. The second-order valence-electron chi connectivity index (χ2n) is 6.16. The molecule has 5 nitrogen and oxygen atoms in total. The summed E-state index contributed by atoms with van der Waals surface area (Å²) >= 11 is 0. The van der Waals surface area contributed by atoms with Crippen LogP contribution in [0.2, 0.25) is 0 Å². The number of aromatic nitrogens is 2. The molecule has 1 atom stereocenters. The zero-order valence-corrected chi connectivity index (χ0v) is 14.0. The predicted octanol–water partition coefficient (Wildman–Crippen LogP) is 2.65. The van der Waals surface area contributed by atoms with E-state index in [-0.39, 0.29) is 12.0 Å². The van der Waals surface area contributed by atoms with Gasteiger partial charge in [0.15, 0.2) is 0 Å². The molecule has 1 unspecified atom stereocenters. The molecule has 0 radical (unpaired) electrons. The van der Waals surface area contributed by atoms with Crippen LogP contribution in [0.25, 0.3) is 0 Å². The van der Waals surface area contributed by atoms with Gasteiger partial charge >= 0.3 is 0 Å². The number of nitrogens with zero attached hydrogens (tertiary/aromatic N) is 3. The van der Waals surface area contributed by atoms with Crippen molar-refractivity contribution in [3.05, 3.63) is 59.7 Å². The molecule has 0 bridgehead atoms. The second kappa shape index (κ2) is 8.02. The fourth-order valence-corrected chi connectivity index (χ4v) is 2.88. The van der Waals surface area contributed by atoms with Gasteiger partial charge in [-0.3, -0.25) is 9.78 Å². The van der Waals surface area contributed by atoms with Crippen LogP contribution in [-0.2, 0) is 11.2 Å². The first-order valence-corrected chi connectivity index (χ1v) is 8.46. The lowest BCUT2D eigenvalue weighted by molar-refractivity contribution is 0.0522. The average Bonchev–Trinajstić information content (AvgIpc) is 3.09. The minimum atomic E-state index is -0.0575. The molecular weight excluding hydrogens is 302 g/mol. The lowest BCUT2D eigenvalue weighted by Crippen LogP contribution is -2.31. The average molecular weight is 325 g/mol. The Bertz CT molecular complexity index is 658. The lowest BCUT2D eigenvalue weighted by atomic mass is 10.1. The number of ether oxygens (including phenoxy) is 1. The monoisotopic (exact) mass is 325 g/mol. The Morgan fingerprint density at radius 1 is 1.25 bits per heavy atom. The Balaban J connectivity index is 1.40. The van der Waals surface area contributed by atoms with Gasteiger partial charge in [-0.15, -0.1) is 0 Å². The third-order valence-electron chi connectivity index (χ3n) is 4.24. The molecule has 5 heteroatoms. The maximum atomic E-state index is 12.4. The molecule has 1 amide bonds. The molecule has 3 rings (SSSR count). The van der Waals surface area contributed by atoms with Crippen molar-refractivity contribution in [2.24, 2.45) is 0 Å². The molecule has 126 valence electrons. The molecule has 1 aromatic heterocycles. The smallest absolute Gasteiger partial charge is 0.274 e. The van der Waals surface area contributed by atoms with Crippen molar-refractivity contribution in [2.45, 2.75) is 32.3 Å². The van der Waals surface area contributed by atoms with E-state index in [1.165, 1.54) is 5.56 Å². The Morgan fingerprint density at radius 2 is 2.08 bits per heavy atom. The van der Waals surface area contributed by atoms with E-state index in [4.69, 9.17) is 4.74 Å². The number of rotatable bonds is 6. The van der Waals surface area contributed by atoms with Gasteiger partial charge in [-0.25, -0.2) is 4.98 Å². The third kappa shape index (κ3) is 4.38. The maximum absolute atomic E-state index is 12.4. The normalized spacial score (nSPS) is 17.2. The molecular formula is C19H23N3O2. The fourth-order valence-electron chi connectivity index (χ4n) is 2.88. The highest BCUT2D eigenvalue weighted by Crippen LogP contribution is 2.15. The van der Waals surface area contributed by atoms with Crippen molar-refractivity contribution >= 4 is 5.91 Å². The van der Waals surface area contributed by atoms with Crippen molar-refractivity contribution < 1.29 is 9.53 Å². The summed E-state index contributed by atoms with van der Waals surface area (Å²) in [7, 11) is 0. The van der Waals surface area contributed by atoms with Crippen molar-refractivity contribution in [3.8, 4) is 0 Å². The molecule has 0 aliphatic carbocycles. The van der Waals surface area contributed by atoms with Crippen LogP contribution in [0, 0.1) is 6.92 Å². The summed E-state index contributed by atoms with van der Waals surface area (Å²) in [6.45, 7) is 3.94. The first-order valence-electron chi connectivity index (χ1n) is 8.46. The highest BCUT2D eigenvalue weighted by atomic mass is 16.5. The van der Waals surface area contributed by atoms with E-state index in [9.17, 15) is 4.79 Å². The van der Waals surface area contributed by atoms with E-state index in [0.717, 1.165) is 38.1 Å². The molecule has 1 saturated heterocycles. The molecule has 0 spiro atoms. The van der Waals surface area contributed by atoms with Gasteiger partial charge < -0.3 is 9.64 Å². The van der Waals surface area contributed by atoms with Crippen molar-refractivity contribution in [1.82, 2.24) is 14.9 Å². The van der Waals surface area contributed by atoms with Gasteiger partial charge in [-0.2, -0.15) is 0 Å². The first kappa shape index (κ1) is 16.6. The van der Waals surface area contributed by atoms with Crippen LogP contribution in [0.1, 0.15) is 34.6 Å². The SMILES string of the molecule is Cc1cnc(C(=O)N2CCC(OCCCc3ccccc3)C2)cn1. The zero-order chi connectivity index (χ0) is 16.8. The lowest BCUT2D eigenvalue weighted by Gasteiger charge is -2.16. The van der Waals surface area contributed by atoms with Crippen LogP contribution in [0.15, 0.2) is 42.7 Å². The zero-order valence-electron chi connectivity index (χ0n) is 14.0. The largest absolute Gasteiger partial charge is 0.376 e. The quantitative estimate of drug-likeness (QED) is 0.766. The number of benzene rings is 1. The van der Waals surface area contributed by atoms with E-state index in [1.807, 2.05) is 13.0 Å².